The van der Waals surface area contributed by atoms with Crippen molar-refractivity contribution in [3.63, 3.8) is 0 Å². The first-order valence-electron chi connectivity index (χ1n) is 10.1. The van der Waals surface area contributed by atoms with E-state index in [0.717, 1.165) is 5.75 Å². The fourth-order valence-electron chi connectivity index (χ4n) is 3.25. The third-order valence-electron chi connectivity index (χ3n) is 4.96. The van der Waals surface area contributed by atoms with Crippen molar-refractivity contribution in [1.82, 2.24) is 0 Å². The molecular formula is C22H40BrNO. The van der Waals surface area contributed by atoms with Gasteiger partial charge < -0.3 is 4.74 Å². The van der Waals surface area contributed by atoms with Crippen LogP contribution in [-0.2, 0) is 6.42 Å². The maximum Gasteiger partial charge on any atom is 0.144 e. The van der Waals surface area contributed by atoms with Crippen molar-refractivity contribution in [3.05, 3.63) is 28.8 Å². The second-order valence-corrected chi connectivity index (χ2v) is 7.23. The van der Waals surface area contributed by atoms with E-state index >= 15 is 0 Å². The van der Waals surface area contributed by atoms with Gasteiger partial charge in [-0.05, 0) is 56.4 Å². The molecule has 0 amide bonds. The Balaban J connectivity index is 0.00000576. The van der Waals surface area contributed by atoms with E-state index in [1.165, 1.54) is 87.3 Å². The molecule has 2 nitrogen and oxygen atoms in total. The van der Waals surface area contributed by atoms with Crippen LogP contribution < -0.4 is 10.5 Å². The van der Waals surface area contributed by atoms with Crippen molar-refractivity contribution < 1.29 is 4.74 Å². The van der Waals surface area contributed by atoms with Crippen LogP contribution in [0.4, 0.5) is 0 Å². The molecule has 0 aliphatic heterocycles. The van der Waals surface area contributed by atoms with Gasteiger partial charge in [-0.25, -0.2) is 0 Å². The summed E-state index contributed by atoms with van der Waals surface area (Å²) in [5, 5.41) is 0. The minimum atomic E-state index is -0.254. The Morgan fingerprint density at radius 3 is 1.88 bits per heavy atom. The van der Waals surface area contributed by atoms with E-state index in [0.29, 0.717) is 0 Å². The fraction of sp³-hybridized carbons (Fsp3) is 0.727. The largest absolute Gasteiger partial charge is 0.476 e. The number of halogens is 1. The molecule has 0 aliphatic carbocycles. The zero-order valence-electron chi connectivity index (χ0n) is 16.9. The van der Waals surface area contributed by atoms with Crippen LogP contribution in [0.3, 0.4) is 0 Å². The van der Waals surface area contributed by atoms with Crippen molar-refractivity contribution in [2.45, 2.75) is 105 Å². The maximum absolute atomic E-state index is 5.73. The number of benzene rings is 1. The number of hydrogen-bond acceptors (Lipinski definition) is 2. The Labute approximate surface area is 166 Å². The predicted molar refractivity (Wildman–Crippen MR) is 116 cm³/mol. The molecule has 1 rings (SSSR count). The summed E-state index contributed by atoms with van der Waals surface area (Å²) in [7, 11) is 0. The number of nitrogens with two attached hydrogens (primary N) is 1. The van der Waals surface area contributed by atoms with Gasteiger partial charge in [0, 0.05) is 0 Å². The van der Waals surface area contributed by atoms with Gasteiger partial charge >= 0.3 is 0 Å². The van der Waals surface area contributed by atoms with Crippen molar-refractivity contribution in [2.24, 2.45) is 5.73 Å². The smallest absolute Gasteiger partial charge is 0.144 e. The molecule has 0 aromatic heterocycles. The predicted octanol–water partition coefficient (Wildman–Crippen LogP) is 7.03. The molecule has 0 saturated carbocycles. The molecule has 25 heavy (non-hydrogen) atoms. The molecule has 0 aliphatic rings. The molecule has 0 saturated heterocycles. The van der Waals surface area contributed by atoms with Crippen LogP contribution in [0.2, 0.25) is 0 Å². The summed E-state index contributed by atoms with van der Waals surface area (Å²) >= 11 is 0. The van der Waals surface area contributed by atoms with E-state index < -0.39 is 0 Å². The highest BCUT2D eigenvalue weighted by atomic mass is 79.9. The van der Waals surface area contributed by atoms with Crippen molar-refractivity contribution in [1.29, 1.82) is 0 Å². The van der Waals surface area contributed by atoms with Crippen molar-refractivity contribution >= 4 is 17.0 Å². The Morgan fingerprint density at radius 2 is 1.36 bits per heavy atom. The molecule has 0 bridgehead atoms. The lowest BCUT2D eigenvalue weighted by atomic mass is 9.97. The monoisotopic (exact) mass is 413 g/mol. The lowest BCUT2D eigenvalue weighted by molar-refractivity contribution is 0.228. The average molecular weight is 414 g/mol. The third kappa shape index (κ3) is 10.3. The number of aryl methyl sites for hydroxylation is 1. The number of unbranched alkanes of at least 4 members (excludes halogenated alkanes) is 9. The first kappa shape index (κ1) is 24.5. The molecule has 1 unspecified atom stereocenters. The fourth-order valence-corrected chi connectivity index (χ4v) is 3.25. The Bertz CT molecular complexity index is 460. The molecule has 0 heterocycles. The molecule has 0 spiro atoms. The van der Waals surface area contributed by atoms with E-state index in [9.17, 15) is 0 Å². The van der Waals surface area contributed by atoms with Gasteiger partial charge in [-0.2, -0.15) is 0 Å². The second kappa shape index (κ2) is 14.6. The quantitative estimate of drug-likeness (QED) is 0.278. The summed E-state index contributed by atoms with van der Waals surface area (Å²) in [6, 6.07) is 4.30. The van der Waals surface area contributed by atoms with Gasteiger partial charge in [0.25, 0.3) is 0 Å². The van der Waals surface area contributed by atoms with E-state index in [4.69, 9.17) is 10.5 Å². The van der Waals surface area contributed by atoms with Crippen LogP contribution in [0.1, 0.15) is 94.7 Å². The standard InChI is InChI=1S/C22H39NO.BrH/c1-5-6-7-8-9-10-11-12-13-14-15-21-16-17-22(24-20(4)23)19(3)18(21)2;/h16-17,20H,5-15,23H2,1-4H3;1H. The van der Waals surface area contributed by atoms with Gasteiger partial charge in [0.05, 0.1) is 0 Å². The summed E-state index contributed by atoms with van der Waals surface area (Å²) in [4.78, 5) is 0. The summed E-state index contributed by atoms with van der Waals surface area (Å²) in [6.45, 7) is 8.49. The Hall–Kier alpha value is -0.540. The highest BCUT2D eigenvalue weighted by Gasteiger charge is 2.08. The molecule has 0 radical (unpaired) electrons. The van der Waals surface area contributed by atoms with E-state index in [1.54, 1.807) is 0 Å². The molecule has 146 valence electrons. The number of rotatable bonds is 13. The van der Waals surface area contributed by atoms with Crippen LogP contribution in [0.5, 0.6) is 5.75 Å². The zero-order valence-corrected chi connectivity index (χ0v) is 18.6. The molecule has 1 atom stereocenters. The van der Waals surface area contributed by atoms with E-state index in [-0.39, 0.29) is 23.2 Å². The van der Waals surface area contributed by atoms with Crippen LogP contribution in [-0.4, -0.2) is 6.23 Å². The minimum Gasteiger partial charge on any atom is -0.476 e. The lowest BCUT2D eigenvalue weighted by Gasteiger charge is -2.16. The molecular weight excluding hydrogens is 374 g/mol. The summed E-state index contributed by atoms with van der Waals surface area (Å²) < 4.78 is 5.66. The van der Waals surface area contributed by atoms with Crippen LogP contribution in [0.25, 0.3) is 0 Å². The highest BCUT2D eigenvalue weighted by Crippen LogP contribution is 2.26. The Morgan fingerprint density at radius 1 is 0.840 bits per heavy atom. The lowest BCUT2D eigenvalue weighted by Crippen LogP contribution is -2.23. The van der Waals surface area contributed by atoms with Crippen LogP contribution >= 0.6 is 17.0 Å². The van der Waals surface area contributed by atoms with Gasteiger partial charge in [-0.1, -0.05) is 70.8 Å². The van der Waals surface area contributed by atoms with Crippen molar-refractivity contribution in [2.75, 3.05) is 0 Å². The number of hydrogen-bond donors (Lipinski definition) is 1. The summed E-state index contributed by atoms with van der Waals surface area (Å²) in [6.07, 6.45) is 14.8. The first-order valence-corrected chi connectivity index (χ1v) is 10.1. The van der Waals surface area contributed by atoms with Crippen molar-refractivity contribution in [3.8, 4) is 5.75 Å². The molecule has 1 aromatic carbocycles. The van der Waals surface area contributed by atoms with Gasteiger partial charge in [-0.3, -0.25) is 5.73 Å². The first-order chi connectivity index (χ1) is 11.6. The summed E-state index contributed by atoms with van der Waals surface area (Å²) in [5.74, 6) is 0.925. The SMILES string of the molecule is Br.CCCCCCCCCCCCc1ccc(OC(C)N)c(C)c1C. The number of ether oxygens (including phenoxy) is 1. The topological polar surface area (TPSA) is 35.2 Å². The second-order valence-electron chi connectivity index (χ2n) is 7.23. The molecule has 0 fully saturated rings. The van der Waals surface area contributed by atoms with Crippen LogP contribution in [0, 0.1) is 13.8 Å². The molecule has 3 heteroatoms. The van der Waals surface area contributed by atoms with Gasteiger partial charge in [0.15, 0.2) is 0 Å². The third-order valence-corrected chi connectivity index (χ3v) is 4.96. The van der Waals surface area contributed by atoms with Gasteiger partial charge in [0.1, 0.15) is 12.0 Å². The van der Waals surface area contributed by atoms with E-state index in [2.05, 4.69) is 32.9 Å². The normalized spacial score (nSPS) is 11.9. The molecule has 1 aromatic rings. The van der Waals surface area contributed by atoms with Gasteiger partial charge in [-0.15, -0.1) is 17.0 Å². The van der Waals surface area contributed by atoms with Gasteiger partial charge in [0.2, 0.25) is 0 Å². The van der Waals surface area contributed by atoms with E-state index in [1.807, 2.05) is 6.92 Å². The van der Waals surface area contributed by atoms with Crippen LogP contribution in [0.15, 0.2) is 12.1 Å². The minimum absolute atomic E-state index is 0. The maximum atomic E-state index is 5.73. The Kier molecular flexibility index (Phi) is 14.3. The highest BCUT2D eigenvalue weighted by molar-refractivity contribution is 8.93. The average Bonchev–Trinajstić information content (AvgIpc) is 2.55. The molecule has 2 N–H and O–H groups in total. The summed E-state index contributed by atoms with van der Waals surface area (Å²) in [5.41, 5.74) is 9.79. The zero-order chi connectivity index (χ0) is 17.8.